The van der Waals surface area contributed by atoms with Crippen molar-refractivity contribution in [3.05, 3.63) is 54.9 Å². The Morgan fingerprint density at radius 1 is 0.958 bits per heavy atom. The first-order valence-electron chi connectivity index (χ1n) is 8.25. The molecule has 0 aliphatic carbocycles. The van der Waals surface area contributed by atoms with Crippen molar-refractivity contribution in [3.63, 3.8) is 0 Å². The van der Waals surface area contributed by atoms with E-state index in [-0.39, 0.29) is 18.3 Å². The minimum absolute atomic E-state index is 0.327. The van der Waals surface area contributed by atoms with Gasteiger partial charge in [-0.15, -0.1) is 0 Å². The number of nitrogens with zero attached hydrogens (tertiary/aromatic N) is 2. The van der Waals surface area contributed by atoms with Gasteiger partial charge in [0.1, 0.15) is 5.82 Å². The third-order valence-corrected chi connectivity index (χ3v) is 5.14. The van der Waals surface area contributed by atoms with Crippen LogP contribution in [0.5, 0.6) is 0 Å². The summed E-state index contributed by atoms with van der Waals surface area (Å²) in [5, 5.41) is 1.15. The summed E-state index contributed by atoms with van der Waals surface area (Å²) in [4.78, 5) is 4.42. The Morgan fingerprint density at radius 3 is 2.38 bits per heavy atom. The van der Waals surface area contributed by atoms with Gasteiger partial charge in [-0.3, -0.25) is 0 Å². The molecule has 1 aliphatic rings. The van der Waals surface area contributed by atoms with E-state index in [1.807, 2.05) is 24.4 Å². The van der Waals surface area contributed by atoms with E-state index in [0.29, 0.717) is 0 Å². The Hall–Kier alpha value is -2.11. The minimum Gasteiger partial charge on any atom is -0.399 e. The molecule has 2 aromatic heterocycles. The maximum atomic E-state index is 6.15. The predicted molar refractivity (Wildman–Crippen MR) is 96.8 cm³/mol. The fourth-order valence-corrected chi connectivity index (χ4v) is 2.98. The van der Waals surface area contributed by atoms with Crippen LogP contribution in [0.2, 0.25) is 0 Å². The van der Waals surface area contributed by atoms with Crippen LogP contribution in [0.4, 0.5) is 0 Å². The molecular weight excluding hydrogens is 299 g/mol. The molecule has 1 saturated heterocycles. The van der Waals surface area contributed by atoms with E-state index in [1.54, 1.807) is 6.20 Å². The third-order valence-electron chi connectivity index (χ3n) is 5.14. The van der Waals surface area contributed by atoms with Gasteiger partial charge >= 0.3 is 7.12 Å². The summed E-state index contributed by atoms with van der Waals surface area (Å²) in [5.41, 5.74) is 1.51. The fourth-order valence-electron chi connectivity index (χ4n) is 2.98. The second-order valence-corrected chi connectivity index (χ2v) is 7.28. The lowest BCUT2D eigenvalue weighted by molar-refractivity contribution is 0.00578. The normalized spacial score (nSPS) is 19.1. The summed E-state index contributed by atoms with van der Waals surface area (Å²) in [6, 6.07) is 14.3. The van der Waals surface area contributed by atoms with Crippen LogP contribution in [0.1, 0.15) is 27.7 Å². The van der Waals surface area contributed by atoms with Gasteiger partial charge in [0.2, 0.25) is 0 Å². The van der Waals surface area contributed by atoms with Gasteiger partial charge in [0.25, 0.3) is 0 Å². The standard InChI is InChI=1S/C19H21BN2O2/c1-18(2)19(3,4)24-20(23-18)15-8-9-16-14(13-15)10-12-22(16)17-7-5-6-11-21-17/h5-13H,1-4H3. The molecule has 0 bridgehead atoms. The Kier molecular flexibility index (Phi) is 3.34. The first kappa shape index (κ1) is 15.4. The molecule has 1 fully saturated rings. The maximum absolute atomic E-state index is 6.15. The summed E-state index contributed by atoms with van der Waals surface area (Å²) in [5.74, 6) is 0.913. The molecule has 0 unspecified atom stereocenters. The topological polar surface area (TPSA) is 36.3 Å². The summed E-state index contributed by atoms with van der Waals surface area (Å²) >= 11 is 0. The molecule has 4 rings (SSSR count). The monoisotopic (exact) mass is 320 g/mol. The number of fused-ring (bicyclic) bond motifs is 1. The van der Waals surface area contributed by atoms with Crippen molar-refractivity contribution in [1.29, 1.82) is 0 Å². The van der Waals surface area contributed by atoms with Gasteiger partial charge in [-0.1, -0.05) is 18.2 Å². The number of benzene rings is 1. The van der Waals surface area contributed by atoms with E-state index in [1.165, 1.54) is 0 Å². The van der Waals surface area contributed by atoms with Crippen molar-refractivity contribution in [2.24, 2.45) is 0 Å². The largest absolute Gasteiger partial charge is 0.494 e. The highest BCUT2D eigenvalue weighted by atomic mass is 16.7. The van der Waals surface area contributed by atoms with Crippen LogP contribution in [0, 0.1) is 0 Å². The quantitative estimate of drug-likeness (QED) is 0.680. The number of rotatable bonds is 2. The Bertz CT molecular complexity index is 871. The molecule has 0 amide bonds. The van der Waals surface area contributed by atoms with Crippen LogP contribution in [-0.2, 0) is 9.31 Å². The van der Waals surface area contributed by atoms with Crippen molar-refractivity contribution < 1.29 is 9.31 Å². The zero-order chi connectivity index (χ0) is 16.9. The first-order valence-corrected chi connectivity index (χ1v) is 8.25. The van der Waals surface area contributed by atoms with Gasteiger partial charge in [-0.2, -0.15) is 0 Å². The Morgan fingerprint density at radius 2 is 1.71 bits per heavy atom. The van der Waals surface area contributed by atoms with Crippen LogP contribution in [0.25, 0.3) is 16.7 Å². The van der Waals surface area contributed by atoms with E-state index in [4.69, 9.17) is 9.31 Å². The second kappa shape index (κ2) is 5.20. The van der Waals surface area contributed by atoms with Gasteiger partial charge in [-0.05, 0) is 62.8 Å². The first-order chi connectivity index (χ1) is 11.4. The molecule has 3 heterocycles. The van der Waals surface area contributed by atoms with Gasteiger partial charge in [0.15, 0.2) is 0 Å². The third kappa shape index (κ3) is 2.36. The zero-order valence-electron chi connectivity index (χ0n) is 14.5. The molecule has 0 atom stereocenters. The number of aromatic nitrogens is 2. The summed E-state index contributed by atoms with van der Waals surface area (Å²) in [7, 11) is -0.336. The summed E-state index contributed by atoms with van der Waals surface area (Å²) < 4.78 is 14.4. The Labute approximate surface area is 142 Å². The molecule has 4 nitrogen and oxygen atoms in total. The van der Waals surface area contributed by atoms with Crippen molar-refractivity contribution in [2.45, 2.75) is 38.9 Å². The van der Waals surface area contributed by atoms with E-state index >= 15 is 0 Å². The van der Waals surface area contributed by atoms with Crippen molar-refractivity contribution >= 4 is 23.5 Å². The predicted octanol–water partition coefficient (Wildman–Crippen LogP) is 3.32. The minimum atomic E-state index is -0.336. The maximum Gasteiger partial charge on any atom is 0.494 e. The van der Waals surface area contributed by atoms with E-state index in [2.05, 4.69) is 61.5 Å². The Balaban J connectivity index is 1.71. The lowest BCUT2D eigenvalue weighted by atomic mass is 9.79. The molecule has 122 valence electrons. The summed E-state index contributed by atoms with van der Waals surface area (Å²) in [6.45, 7) is 8.29. The fraction of sp³-hybridized carbons (Fsp3) is 0.316. The van der Waals surface area contributed by atoms with Gasteiger partial charge in [-0.25, -0.2) is 4.98 Å². The molecule has 1 aliphatic heterocycles. The van der Waals surface area contributed by atoms with Gasteiger partial charge < -0.3 is 13.9 Å². The number of hydrogen-bond donors (Lipinski definition) is 0. The number of pyridine rings is 1. The van der Waals surface area contributed by atoms with Gasteiger partial charge in [0.05, 0.1) is 16.7 Å². The van der Waals surface area contributed by atoms with Crippen molar-refractivity contribution in [2.75, 3.05) is 0 Å². The SMILES string of the molecule is CC1(C)OB(c2ccc3c(ccn3-c3ccccn3)c2)OC1(C)C. The molecule has 5 heteroatoms. The molecular formula is C19H21BN2O2. The van der Waals surface area contributed by atoms with Crippen LogP contribution >= 0.6 is 0 Å². The van der Waals surface area contributed by atoms with Crippen molar-refractivity contribution in [1.82, 2.24) is 9.55 Å². The molecule has 0 N–H and O–H groups in total. The van der Waals surface area contributed by atoms with E-state index in [9.17, 15) is 0 Å². The van der Waals surface area contributed by atoms with Gasteiger partial charge in [0, 0.05) is 12.4 Å². The molecule has 24 heavy (non-hydrogen) atoms. The van der Waals surface area contributed by atoms with E-state index < -0.39 is 0 Å². The van der Waals surface area contributed by atoms with Crippen LogP contribution < -0.4 is 5.46 Å². The molecule has 0 radical (unpaired) electrons. The van der Waals surface area contributed by atoms with Crippen LogP contribution in [0.15, 0.2) is 54.9 Å². The lowest BCUT2D eigenvalue weighted by Crippen LogP contribution is -2.41. The average Bonchev–Trinajstić information content (AvgIpc) is 3.06. The molecule has 3 aromatic rings. The average molecular weight is 320 g/mol. The highest BCUT2D eigenvalue weighted by Gasteiger charge is 2.51. The van der Waals surface area contributed by atoms with Crippen LogP contribution in [0.3, 0.4) is 0 Å². The zero-order valence-corrected chi connectivity index (χ0v) is 14.5. The van der Waals surface area contributed by atoms with Crippen molar-refractivity contribution in [3.8, 4) is 5.82 Å². The summed E-state index contributed by atoms with van der Waals surface area (Å²) in [6.07, 6.45) is 3.85. The van der Waals surface area contributed by atoms with E-state index in [0.717, 1.165) is 22.2 Å². The lowest BCUT2D eigenvalue weighted by Gasteiger charge is -2.32. The second-order valence-electron chi connectivity index (χ2n) is 7.28. The molecule has 0 spiro atoms. The molecule has 0 saturated carbocycles. The smallest absolute Gasteiger partial charge is 0.399 e. The highest BCUT2D eigenvalue weighted by molar-refractivity contribution is 6.62. The van der Waals surface area contributed by atoms with Crippen LogP contribution in [-0.4, -0.2) is 27.9 Å². The number of hydrogen-bond acceptors (Lipinski definition) is 3. The molecule has 1 aromatic carbocycles. The highest BCUT2D eigenvalue weighted by Crippen LogP contribution is 2.36.